The van der Waals surface area contributed by atoms with Crippen molar-refractivity contribution in [3.8, 4) is 0 Å². The highest BCUT2D eigenvalue weighted by Crippen LogP contribution is 2.24. The summed E-state index contributed by atoms with van der Waals surface area (Å²) in [4.78, 5) is 16.8. The van der Waals surface area contributed by atoms with Gasteiger partial charge in [0.2, 0.25) is 5.91 Å². The molecule has 0 aromatic carbocycles. The van der Waals surface area contributed by atoms with Gasteiger partial charge >= 0.3 is 0 Å². The first kappa shape index (κ1) is 16.7. The van der Waals surface area contributed by atoms with E-state index in [4.69, 9.17) is 5.73 Å². The Kier molecular flexibility index (Phi) is 5.63. The first-order chi connectivity index (χ1) is 9.94. The molecule has 0 spiro atoms. The van der Waals surface area contributed by atoms with Gasteiger partial charge in [-0.15, -0.1) is 0 Å². The van der Waals surface area contributed by atoms with E-state index in [1.807, 2.05) is 6.92 Å². The summed E-state index contributed by atoms with van der Waals surface area (Å²) >= 11 is 0. The van der Waals surface area contributed by atoms with Crippen molar-refractivity contribution in [1.29, 1.82) is 0 Å². The van der Waals surface area contributed by atoms with Crippen LogP contribution in [0.3, 0.4) is 0 Å². The minimum Gasteiger partial charge on any atom is -0.368 e. The van der Waals surface area contributed by atoms with Crippen LogP contribution in [0, 0.1) is 0 Å². The first-order valence-electron chi connectivity index (χ1n) is 8.48. The lowest BCUT2D eigenvalue weighted by Crippen LogP contribution is -2.56. The van der Waals surface area contributed by atoms with Crippen molar-refractivity contribution < 1.29 is 4.79 Å². The smallest absolute Gasteiger partial charge is 0.237 e. The maximum Gasteiger partial charge on any atom is 0.237 e. The van der Waals surface area contributed by atoms with E-state index in [9.17, 15) is 4.79 Å². The van der Waals surface area contributed by atoms with Crippen LogP contribution in [0.5, 0.6) is 0 Å². The fraction of sp³-hybridized carbons (Fsp3) is 0.938. The third kappa shape index (κ3) is 4.66. The SMILES string of the molecule is CCC(C)N1CCN(CCC(C)(NC2CC2)C(N)=O)CC1. The highest BCUT2D eigenvalue weighted by Gasteiger charge is 2.37. The zero-order valence-electron chi connectivity index (χ0n) is 13.9. The summed E-state index contributed by atoms with van der Waals surface area (Å²) in [7, 11) is 0. The molecular formula is C16H32N4O. The third-order valence-electron chi connectivity index (χ3n) is 5.19. The molecule has 0 radical (unpaired) electrons. The number of nitrogens with zero attached hydrogens (tertiary/aromatic N) is 2. The fourth-order valence-corrected chi connectivity index (χ4v) is 3.01. The minimum atomic E-state index is -0.547. The summed E-state index contributed by atoms with van der Waals surface area (Å²) in [6.07, 6.45) is 4.38. The van der Waals surface area contributed by atoms with E-state index in [-0.39, 0.29) is 5.91 Å². The molecule has 2 aliphatic rings. The predicted octanol–water partition coefficient (Wildman–Crippen LogP) is 0.789. The lowest BCUT2D eigenvalue weighted by atomic mass is 9.96. The number of primary amides is 1. The van der Waals surface area contributed by atoms with Gasteiger partial charge in [0.25, 0.3) is 0 Å². The van der Waals surface area contributed by atoms with Crippen LogP contribution in [0.4, 0.5) is 0 Å². The van der Waals surface area contributed by atoms with Gasteiger partial charge in [-0.25, -0.2) is 0 Å². The van der Waals surface area contributed by atoms with E-state index in [1.54, 1.807) is 0 Å². The monoisotopic (exact) mass is 296 g/mol. The summed E-state index contributed by atoms with van der Waals surface area (Å²) in [6.45, 7) is 11.9. The van der Waals surface area contributed by atoms with Crippen molar-refractivity contribution in [1.82, 2.24) is 15.1 Å². The summed E-state index contributed by atoms with van der Waals surface area (Å²) in [6, 6.07) is 1.18. The van der Waals surface area contributed by atoms with Gasteiger partial charge in [-0.3, -0.25) is 9.69 Å². The van der Waals surface area contributed by atoms with Crippen molar-refractivity contribution in [2.24, 2.45) is 5.73 Å². The maximum atomic E-state index is 11.8. The molecular weight excluding hydrogens is 264 g/mol. The van der Waals surface area contributed by atoms with E-state index in [2.05, 4.69) is 29.0 Å². The second kappa shape index (κ2) is 7.07. The summed E-state index contributed by atoms with van der Waals surface area (Å²) in [5.74, 6) is -0.215. The zero-order valence-corrected chi connectivity index (χ0v) is 13.9. The van der Waals surface area contributed by atoms with Gasteiger partial charge < -0.3 is 16.0 Å². The number of piperazine rings is 1. The standard InChI is InChI=1S/C16H32N4O/c1-4-13(2)20-11-9-19(10-12-20)8-7-16(3,15(17)21)18-14-5-6-14/h13-14,18H,4-12H2,1-3H3,(H2,17,21). The molecule has 2 rings (SSSR count). The van der Waals surface area contributed by atoms with Gasteiger partial charge in [-0.05, 0) is 39.5 Å². The molecule has 1 aliphatic heterocycles. The van der Waals surface area contributed by atoms with Crippen LogP contribution in [0.1, 0.15) is 46.5 Å². The van der Waals surface area contributed by atoms with Gasteiger partial charge in [0, 0.05) is 44.8 Å². The number of rotatable bonds is 8. The topological polar surface area (TPSA) is 61.6 Å². The number of hydrogen-bond acceptors (Lipinski definition) is 4. The van der Waals surface area contributed by atoms with Gasteiger partial charge in [0.1, 0.15) is 0 Å². The van der Waals surface area contributed by atoms with E-state index < -0.39 is 5.54 Å². The van der Waals surface area contributed by atoms with Crippen molar-refractivity contribution in [2.75, 3.05) is 32.7 Å². The average Bonchev–Trinajstić information content (AvgIpc) is 3.28. The Bertz CT molecular complexity index is 350. The Balaban J connectivity index is 1.76. The second-order valence-electron chi connectivity index (χ2n) is 7.00. The van der Waals surface area contributed by atoms with E-state index in [1.165, 1.54) is 19.3 Å². The van der Waals surface area contributed by atoms with Crippen LogP contribution < -0.4 is 11.1 Å². The van der Waals surface area contributed by atoms with E-state index in [0.717, 1.165) is 39.1 Å². The molecule has 2 fully saturated rings. The molecule has 3 N–H and O–H groups in total. The molecule has 0 bridgehead atoms. The molecule has 1 amide bonds. The Morgan fingerprint density at radius 2 is 1.95 bits per heavy atom. The van der Waals surface area contributed by atoms with E-state index >= 15 is 0 Å². The van der Waals surface area contributed by atoms with Crippen LogP contribution in [-0.4, -0.2) is 66.1 Å². The van der Waals surface area contributed by atoms with Gasteiger partial charge in [-0.2, -0.15) is 0 Å². The van der Waals surface area contributed by atoms with Crippen molar-refractivity contribution in [2.45, 2.75) is 64.1 Å². The van der Waals surface area contributed by atoms with Crippen LogP contribution in [-0.2, 0) is 4.79 Å². The molecule has 5 heteroatoms. The molecule has 1 heterocycles. The van der Waals surface area contributed by atoms with Crippen molar-refractivity contribution in [3.05, 3.63) is 0 Å². The maximum absolute atomic E-state index is 11.8. The first-order valence-corrected chi connectivity index (χ1v) is 8.48. The molecule has 0 aromatic heterocycles. The molecule has 1 aliphatic carbocycles. The van der Waals surface area contributed by atoms with Crippen LogP contribution in [0.25, 0.3) is 0 Å². The van der Waals surface area contributed by atoms with Crippen molar-refractivity contribution in [3.63, 3.8) is 0 Å². The lowest BCUT2D eigenvalue weighted by molar-refractivity contribution is -0.124. The molecule has 21 heavy (non-hydrogen) atoms. The summed E-state index contributed by atoms with van der Waals surface area (Å²) < 4.78 is 0. The molecule has 2 atom stereocenters. The van der Waals surface area contributed by atoms with Gasteiger partial charge in [0.15, 0.2) is 0 Å². The third-order valence-corrected chi connectivity index (χ3v) is 5.19. The summed E-state index contributed by atoms with van der Waals surface area (Å²) in [5.41, 5.74) is 5.07. The van der Waals surface area contributed by atoms with Crippen LogP contribution in [0.2, 0.25) is 0 Å². The van der Waals surface area contributed by atoms with Crippen molar-refractivity contribution >= 4 is 5.91 Å². The Morgan fingerprint density at radius 3 is 2.43 bits per heavy atom. The number of nitrogens with two attached hydrogens (primary N) is 1. The molecule has 1 saturated heterocycles. The predicted molar refractivity (Wildman–Crippen MR) is 86.1 cm³/mol. The highest BCUT2D eigenvalue weighted by molar-refractivity contribution is 5.84. The van der Waals surface area contributed by atoms with Crippen LogP contribution in [0.15, 0.2) is 0 Å². The Hall–Kier alpha value is -0.650. The molecule has 0 aromatic rings. The number of nitrogens with one attached hydrogen (secondary N) is 1. The Labute approximate surface area is 129 Å². The van der Waals surface area contributed by atoms with Gasteiger partial charge in [-0.1, -0.05) is 6.92 Å². The molecule has 122 valence electrons. The zero-order chi connectivity index (χ0) is 15.5. The van der Waals surface area contributed by atoms with Gasteiger partial charge in [0.05, 0.1) is 5.54 Å². The second-order valence-corrected chi connectivity index (χ2v) is 7.00. The normalized spacial score (nSPS) is 25.5. The van der Waals surface area contributed by atoms with Crippen LogP contribution >= 0.6 is 0 Å². The number of hydrogen-bond donors (Lipinski definition) is 2. The molecule has 1 saturated carbocycles. The highest BCUT2D eigenvalue weighted by atomic mass is 16.1. The number of carbonyl (C=O) groups is 1. The molecule has 5 nitrogen and oxygen atoms in total. The number of carbonyl (C=O) groups excluding carboxylic acids is 1. The fourth-order valence-electron chi connectivity index (χ4n) is 3.01. The van der Waals surface area contributed by atoms with E-state index in [0.29, 0.717) is 12.1 Å². The molecule has 2 unspecified atom stereocenters. The quantitative estimate of drug-likeness (QED) is 0.695. The number of amides is 1. The average molecular weight is 296 g/mol. The summed E-state index contributed by atoms with van der Waals surface area (Å²) in [5, 5.41) is 3.43. The lowest BCUT2D eigenvalue weighted by Gasteiger charge is -2.39. The Morgan fingerprint density at radius 1 is 1.33 bits per heavy atom. The largest absolute Gasteiger partial charge is 0.368 e. The minimum absolute atomic E-state index is 0.215.